The maximum atomic E-state index is 11.9. The molecule has 0 fully saturated rings. The predicted molar refractivity (Wildman–Crippen MR) is 75.7 cm³/mol. The summed E-state index contributed by atoms with van der Waals surface area (Å²) in [6, 6.07) is 5.19. The van der Waals surface area contributed by atoms with Crippen molar-refractivity contribution < 1.29 is 14.7 Å². The number of carbonyl (C=O) groups is 2. The molecule has 1 atom stereocenters. The smallest absolute Gasteiger partial charge is 0.251 e. The van der Waals surface area contributed by atoms with Crippen molar-refractivity contribution in [1.29, 1.82) is 0 Å². The second-order valence-electron chi connectivity index (χ2n) is 4.91. The van der Waals surface area contributed by atoms with E-state index in [1.54, 1.807) is 25.1 Å². The Hall–Kier alpha value is -1.92. The molecule has 2 rings (SSSR count). The SMILES string of the molecule is CC(O)CNCCNC(=O)c1ccc2c(c1)CC(=O)N2. The zero-order chi connectivity index (χ0) is 14.5. The Bertz CT molecular complexity index is 514. The molecule has 6 nitrogen and oxygen atoms in total. The van der Waals surface area contributed by atoms with Gasteiger partial charge < -0.3 is 21.1 Å². The lowest BCUT2D eigenvalue weighted by Crippen LogP contribution is -2.34. The van der Waals surface area contributed by atoms with Crippen LogP contribution in [0.3, 0.4) is 0 Å². The summed E-state index contributed by atoms with van der Waals surface area (Å²) in [6.45, 7) is 3.29. The van der Waals surface area contributed by atoms with Crippen LogP contribution in [-0.2, 0) is 11.2 Å². The van der Waals surface area contributed by atoms with Crippen molar-refractivity contribution in [3.63, 3.8) is 0 Å². The molecule has 0 aromatic heterocycles. The minimum Gasteiger partial charge on any atom is -0.392 e. The molecule has 1 aromatic rings. The van der Waals surface area contributed by atoms with E-state index in [4.69, 9.17) is 5.11 Å². The van der Waals surface area contributed by atoms with Gasteiger partial charge in [0.15, 0.2) is 0 Å². The Morgan fingerprint density at radius 1 is 1.45 bits per heavy atom. The summed E-state index contributed by atoms with van der Waals surface area (Å²) in [5, 5.41) is 17.6. The monoisotopic (exact) mass is 277 g/mol. The van der Waals surface area contributed by atoms with E-state index in [2.05, 4.69) is 16.0 Å². The number of anilines is 1. The molecule has 108 valence electrons. The zero-order valence-corrected chi connectivity index (χ0v) is 11.4. The highest BCUT2D eigenvalue weighted by molar-refractivity contribution is 6.01. The Balaban J connectivity index is 1.81. The van der Waals surface area contributed by atoms with E-state index in [1.807, 2.05) is 0 Å². The van der Waals surface area contributed by atoms with Gasteiger partial charge in [0.1, 0.15) is 0 Å². The molecule has 1 unspecified atom stereocenters. The van der Waals surface area contributed by atoms with Crippen LogP contribution in [0.15, 0.2) is 18.2 Å². The summed E-state index contributed by atoms with van der Waals surface area (Å²) in [7, 11) is 0. The summed E-state index contributed by atoms with van der Waals surface area (Å²) in [5.41, 5.74) is 2.19. The number of benzene rings is 1. The highest BCUT2D eigenvalue weighted by atomic mass is 16.3. The molecule has 0 saturated carbocycles. The summed E-state index contributed by atoms with van der Waals surface area (Å²) in [4.78, 5) is 23.2. The lowest BCUT2D eigenvalue weighted by atomic mass is 10.1. The zero-order valence-electron chi connectivity index (χ0n) is 11.4. The van der Waals surface area contributed by atoms with Gasteiger partial charge in [-0.25, -0.2) is 0 Å². The first kappa shape index (κ1) is 14.5. The summed E-state index contributed by atoms with van der Waals surface area (Å²) < 4.78 is 0. The van der Waals surface area contributed by atoms with Crippen LogP contribution >= 0.6 is 0 Å². The molecule has 0 spiro atoms. The quantitative estimate of drug-likeness (QED) is 0.546. The minimum absolute atomic E-state index is 0.0418. The van der Waals surface area contributed by atoms with Crippen LogP contribution in [0.1, 0.15) is 22.8 Å². The molecule has 1 aromatic carbocycles. The Morgan fingerprint density at radius 3 is 3.00 bits per heavy atom. The summed E-state index contributed by atoms with van der Waals surface area (Å²) >= 11 is 0. The molecule has 1 heterocycles. The Kier molecular flexibility index (Phi) is 4.70. The van der Waals surface area contributed by atoms with Gasteiger partial charge in [-0.2, -0.15) is 0 Å². The van der Waals surface area contributed by atoms with Crippen molar-refractivity contribution >= 4 is 17.5 Å². The summed E-state index contributed by atoms with van der Waals surface area (Å²) in [5.74, 6) is -0.203. The molecule has 4 N–H and O–H groups in total. The molecule has 20 heavy (non-hydrogen) atoms. The number of rotatable bonds is 6. The van der Waals surface area contributed by atoms with Crippen LogP contribution in [0.5, 0.6) is 0 Å². The average molecular weight is 277 g/mol. The highest BCUT2D eigenvalue weighted by Gasteiger charge is 2.18. The third-order valence-electron chi connectivity index (χ3n) is 3.02. The third-order valence-corrected chi connectivity index (χ3v) is 3.02. The number of hydrogen-bond donors (Lipinski definition) is 4. The lowest BCUT2D eigenvalue weighted by Gasteiger charge is -2.09. The van der Waals surface area contributed by atoms with Crippen molar-refractivity contribution in [1.82, 2.24) is 10.6 Å². The standard InChI is InChI=1S/C14H19N3O3/c1-9(18)8-15-4-5-16-14(20)10-2-3-12-11(6-10)7-13(19)17-12/h2-3,6,9,15,18H,4-5,7-8H2,1H3,(H,16,20)(H,17,19). The molecule has 6 heteroatoms. The number of amides is 2. The van der Waals surface area contributed by atoms with E-state index in [-0.39, 0.29) is 11.8 Å². The van der Waals surface area contributed by atoms with Crippen LogP contribution in [-0.4, -0.2) is 42.7 Å². The second kappa shape index (κ2) is 6.49. The molecule has 2 amide bonds. The van der Waals surface area contributed by atoms with E-state index in [0.29, 0.717) is 31.6 Å². The van der Waals surface area contributed by atoms with E-state index < -0.39 is 6.10 Å². The first-order chi connectivity index (χ1) is 9.56. The number of aliphatic hydroxyl groups is 1. The Morgan fingerprint density at radius 2 is 2.25 bits per heavy atom. The van der Waals surface area contributed by atoms with Crippen molar-refractivity contribution in [2.75, 3.05) is 25.0 Å². The van der Waals surface area contributed by atoms with E-state index in [1.165, 1.54) is 0 Å². The number of carbonyl (C=O) groups excluding carboxylic acids is 2. The molecule has 0 radical (unpaired) electrons. The van der Waals surface area contributed by atoms with Gasteiger partial charge in [-0.1, -0.05) is 0 Å². The fraction of sp³-hybridized carbons (Fsp3) is 0.429. The topological polar surface area (TPSA) is 90.5 Å². The van der Waals surface area contributed by atoms with Crippen molar-refractivity contribution in [2.45, 2.75) is 19.4 Å². The maximum absolute atomic E-state index is 11.9. The van der Waals surface area contributed by atoms with E-state index in [9.17, 15) is 9.59 Å². The molecular formula is C14H19N3O3. The van der Waals surface area contributed by atoms with Gasteiger partial charge >= 0.3 is 0 Å². The second-order valence-corrected chi connectivity index (χ2v) is 4.91. The average Bonchev–Trinajstić information content (AvgIpc) is 2.76. The lowest BCUT2D eigenvalue weighted by molar-refractivity contribution is -0.115. The summed E-state index contributed by atoms with van der Waals surface area (Å²) in [6.07, 6.45) is -0.0701. The van der Waals surface area contributed by atoms with Gasteiger partial charge in [0.2, 0.25) is 5.91 Å². The molecular weight excluding hydrogens is 258 g/mol. The van der Waals surface area contributed by atoms with Gasteiger partial charge in [0.25, 0.3) is 5.91 Å². The molecule has 0 bridgehead atoms. The first-order valence-electron chi connectivity index (χ1n) is 6.66. The van der Waals surface area contributed by atoms with Gasteiger partial charge in [-0.15, -0.1) is 0 Å². The molecule has 0 aliphatic carbocycles. The number of nitrogens with one attached hydrogen (secondary N) is 3. The van der Waals surface area contributed by atoms with Gasteiger partial charge in [0.05, 0.1) is 12.5 Å². The van der Waals surface area contributed by atoms with Crippen LogP contribution in [0.25, 0.3) is 0 Å². The number of hydrogen-bond acceptors (Lipinski definition) is 4. The fourth-order valence-corrected chi connectivity index (χ4v) is 2.05. The number of aliphatic hydroxyl groups excluding tert-OH is 1. The van der Waals surface area contributed by atoms with Gasteiger partial charge in [0, 0.05) is 30.9 Å². The van der Waals surface area contributed by atoms with Crippen LogP contribution < -0.4 is 16.0 Å². The normalized spacial score (nSPS) is 14.6. The largest absolute Gasteiger partial charge is 0.392 e. The van der Waals surface area contributed by atoms with Crippen LogP contribution in [0.4, 0.5) is 5.69 Å². The molecule has 0 saturated heterocycles. The third kappa shape index (κ3) is 3.79. The fourth-order valence-electron chi connectivity index (χ4n) is 2.05. The first-order valence-corrected chi connectivity index (χ1v) is 6.66. The molecule has 1 aliphatic rings. The maximum Gasteiger partial charge on any atom is 0.251 e. The van der Waals surface area contributed by atoms with Crippen LogP contribution in [0, 0.1) is 0 Å². The Labute approximate surface area is 117 Å². The van der Waals surface area contributed by atoms with Crippen molar-refractivity contribution in [3.05, 3.63) is 29.3 Å². The van der Waals surface area contributed by atoms with Gasteiger partial charge in [-0.05, 0) is 30.7 Å². The van der Waals surface area contributed by atoms with Crippen LogP contribution in [0.2, 0.25) is 0 Å². The predicted octanol–water partition coefficient (Wildman–Crippen LogP) is -0.119. The number of fused-ring (bicyclic) bond motifs is 1. The highest BCUT2D eigenvalue weighted by Crippen LogP contribution is 2.23. The van der Waals surface area contributed by atoms with Gasteiger partial charge in [-0.3, -0.25) is 9.59 Å². The minimum atomic E-state index is -0.396. The van der Waals surface area contributed by atoms with E-state index in [0.717, 1.165) is 11.3 Å². The van der Waals surface area contributed by atoms with E-state index >= 15 is 0 Å². The molecule has 1 aliphatic heterocycles. The van der Waals surface area contributed by atoms with Crippen molar-refractivity contribution in [3.8, 4) is 0 Å². The van der Waals surface area contributed by atoms with Crippen molar-refractivity contribution in [2.24, 2.45) is 0 Å².